The predicted molar refractivity (Wildman–Crippen MR) is 132 cm³/mol. The summed E-state index contributed by atoms with van der Waals surface area (Å²) in [6.07, 6.45) is 4.17. The average Bonchev–Trinajstić information content (AvgIpc) is 3.30. The van der Waals surface area contributed by atoms with Crippen molar-refractivity contribution in [3.63, 3.8) is 0 Å². The lowest BCUT2D eigenvalue weighted by molar-refractivity contribution is -0.153. The van der Waals surface area contributed by atoms with Gasteiger partial charge >= 0.3 is 12.1 Å². The molecule has 1 heterocycles. The van der Waals surface area contributed by atoms with Crippen molar-refractivity contribution in [3.05, 3.63) is 23.8 Å². The lowest BCUT2D eigenvalue weighted by atomic mass is 10.1. The van der Waals surface area contributed by atoms with E-state index in [-0.39, 0.29) is 18.5 Å². The first-order valence-corrected chi connectivity index (χ1v) is 12.3. The van der Waals surface area contributed by atoms with Crippen molar-refractivity contribution < 1.29 is 33.3 Å². The molecule has 1 aliphatic heterocycles. The third-order valence-corrected chi connectivity index (χ3v) is 5.66. The summed E-state index contributed by atoms with van der Waals surface area (Å²) in [6.45, 7) is 6.77. The first-order valence-electron chi connectivity index (χ1n) is 12.3. The Hall–Kier alpha value is -2.97. The summed E-state index contributed by atoms with van der Waals surface area (Å²) in [5.41, 5.74) is 0.448. The topological polar surface area (TPSA) is 103 Å². The van der Waals surface area contributed by atoms with Crippen LogP contribution < -0.4 is 14.8 Å². The lowest BCUT2D eigenvalue weighted by Gasteiger charge is -2.23. The number of hydrogen-bond acceptors (Lipinski definition) is 7. The van der Waals surface area contributed by atoms with E-state index in [1.54, 1.807) is 19.1 Å². The van der Waals surface area contributed by atoms with Gasteiger partial charge in [0.15, 0.2) is 11.5 Å². The minimum atomic E-state index is -0.521. The summed E-state index contributed by atoms with van der Waals surface area (Å²) in [7, 11) is 3.16. The molecule has 0 aromatic heterocycles. The van der Waals surface area contributed by atoms with Gasteiger partial charge in [-0.3, -0.25) is 4.79 Å². The van der Waals surface area contributed by atoms with Crippen LogP contribution in [0.5, 0.6) is 11.5 Å². The van der Waals surface area contributed by atoms with Crippen LogP contribution in [0, 0.1) is 0 Å². The number of benzene rings is 1. The van der Waals surface area contributed by atoms with Gasteiger partial charge in [0.05, 0.1) is 20.8 Å². The van der Waals surface area contributed by atoms with Crippen LogP contribution in [-0.4, -0.2) is 68.4 Å². The van der Waals surface area contributed by atoms with Gasteiger partial charge in [-0.15, -0.1) is 0 Å². The van der Waals surface area contributed by atoms with Crippen molar-refractivity contribution in [3.8, 4) is 11.5 Å². The molecule has 1 saturated heterocycles. The molecular formula is C26H40N2O7. The van der Waals surface area contributed by atoms with Gasteiger partial charge in [0.2, 0.25) is 5.91 Å². The Bertz CT molecular complexity index is 851. The summed E-state index contributed by atoms with van der Waals surface area (Å²) in [5, 5.41) is 2.72. The molecule has 196 valence electrons. The second-order valence-corrected chi connectivity index (χ2v) is 9.59. The molecule has 2 rings (SSSR count). The number of methoxy groups -OCH3 is 2. The van der Waals surface area contributed by atoms with Crippen LogP contribution in [0.4, 0.5) is 4.79 Å². The summed E-state index contributed by atoms with van der Waals surface area (Å²) in [5.74, 6) is 0.902. The number of likely N-dealkylation sites (tertiary alicyclic amines) is 1. The normalized spacial score (nSPS) is 15.5. The number of carbonyl (C=O) groups excluding carboxylic acids is 3. The summed E-state index contributed by atoms with van der Waals surface area (Å²) >= 11 is 0. The maximum Gasteiger partial charge on any atom is 0.407 e. The van der Waals surface area contributed by atoms with E-state index < -0.39 is 17.7 Å². The predicted octanol–water partition coefficient (Wildman–Crippen LogP) is 3.87. The number of nitrogens with zero attached hydrogens (tertiary/aromatic N) is 1. The average molecular weight is 493 g/mol. The number of amides is 2. The van der Waals surface area contributed by atoms with E-state index in [2.05, 4.69) is 5.32 Å². The number of unbranched alkanes of at least 4 members (excludes halogenated alkanes) is 2. The number of ether oxygens (including phenoxy) is 4. The van der Waals surface area contributed by atoms with Crippen molar-refractivity contribution in [2.24, 2.45) is 0 Å². The molecule has 1 aromatic carbocycles. The van der Waals surface area contributed by atoms with Gasteiger partial charge in [-0.05, 0) is 64.2 Å². The molecule has 1 fully saturated rings. The van der Waals surface area contributed by atoms with E-state index in [4.69, 9.17) is 18.9 Å². The van der Waals surface area contributed by atoms with Gasteiger partial charge in [-0.25, -0.2) is 9.59 Å². The zero-order chi connectivity index (χ0) is 25.8. The number of carbonyl (C=O) groups is 3. The Morgan fingerprint density at radius 1 is 1.06 bits per heavy atom. The number of nitrogens with one attached hydrogen (secondary N) is 1. The number of esters is 1. The lowest BCUT2D eigenvalue weighted by Crippen LogP contribution is -2.41. The molecule has 9 nitrogen and oxygen atoms in total. The number of hydrogen-bond donors (Lipinski definition) is 1. The van der Waals surface area contributed by atoms with Gasteiger partial charge in [-0.1, -0.05) is 12.5 Å². The molecule has 35 heavy (non-hydrogen) atoms. The van der Waals surface area contributed by atoms with Crippen LogP contribution in [0.15, 0.2) is 18.2 Å². The van der Waals surface area contributed by atoms with Crippen molar-refractivity contribution in [1.29, 1.82) is 0 Å². The molecule has 9 heteroatoms. The number of rotatable bonds is 12. The third kappa shape index (κ3) is 9.66. The standard InChI is InChI=1S/C26H40N2O7/c1-26(2,3)35-25(31)27-15-8-6-7-11-23(29)28-16-9-10-20(28)24(30)34-17-14-19-12-13-21(32-4)22(18-19)33-5/h12-13,18,20H,6-11,14-17H2,1-5H3,(H,27,31)/t20-/m0/s1. The molecule has 1 aliphatic rings. The third-order valence-electron chi connectivity index (χ3n) is 5.66. The van der Waals surface area contributed by atoms with Crippen molar-refractivity contribution in [1.82, 2.24) is 10.2 Å². The Morgan fingerprint density at radius 2 is 1.80 bits per heavy atom. The van der Waals surface area contributed by atoms with Crippen LogP contribution in [0.2, 0.25) is 0 Å². The van der Waals surface area contributed by atoms with Gasteiger partial charge in [0, 0.05) is 25.9 Å². The Balaban J connectivity index is 1.68. The smallest absolute Gasteiger partial charge is 0.407 e. The SMILES string of the molecule is COc1ccc(CCOC(=O)[C@@H]2CCCN2C(=O)CCCCCNC(=O)OC(C)(C)C)cc1OC. The van der Waals surface area contributed by atoms with E-state index in [1.165, 1.54) is 0 Å². The first kappa shape index (κ1) is 28.3. The van der Waals surface area contributed by atoms with Gasteiger partial charge in [-0.2, -0.15) is 0 Å². The molecule has 0 bridgehead atoms. The molecule has 0 saturated carbocycles. The molecule has 0 radical (unpaired) electrons. The molecule has 1 aromatic rings. The Labute approximate surface area is 208 Å². The van der Waals surface area contributed by atoms with E-state index in [1.807, 2.05) is 39.0 Å². The fourth-order valence-corrected chi connectivity index (χ4v) is 3.94. The highest BCUT2D eigenvalue weighted by atomic mass is 16.6. The molecule has 1 N–H and O–H groups in total. The van der Waals surface area contributed by atoms with Gasteiger partial charge in [0.25, 0.3) is 0 Å². The zero-order valence-electron chi connectivity index (χ0n) is 21.7. The molecular weight excluding hydrogens is 452 g/mol. The van der Waals surface area contributed by atoms with Crippen LogP contribution in [0.25, 0.3) is 0 Å². The maximum atomic E-state index is 12.7. The van der Waals surface area contributed by atoms with Crippen molar-refractivity contribution >= 4 is 18.0 Å². The highest BCUT2D eigenvalue weighted by Crippen LogP contribution is 2.28. The van der Waals surface area contributed by atoms with Gasteiger partial charge in [0.1, 0.15) is 11.6 Å². The van der Waals surface area contributed by atoms with Crippen LogP contribution in [0.1, 0.15) is 64.9 Å². The molecule has 0 spiro atoms. The minimum absolute atomic E-state index is 0.0237. The summed E-state index contributed by atoms with van der Waals surface area (Å²) in [6, 6.07) is 5.08. The fourth-order valence-electron chi connectivity index (χ4n) is 3.94. The largest absolute Gasteiger partial charge is 0.493 e. The molecule has 0 unspecified atom stereocenters. The summed E-state index contributed by atoms with van der Waals surface area (Å²) in [4.78, 5) is 38.6. The van der Waals surface area contributed by atoms with Crippen molar-refractivity contribution in [2.75, 3.05) is 33.9 Å². The van der Waals surface area contributed by atoms with Crippen LogP contribution in [-0.2, 0) is 25.5 Å². The molecule has 1 atom stereocenters. The Morgan fingerprint density at radius 3 is 2.49 bits per heavy atom. The second kappa shape index (κ2) is 13.8. The highest BCUT2D eigenvalue weighted by molar-refractivity contribution is 5.85. The Kier molecular flexibility index (Phi) is 11.1. The molecule has 2 amide bonds. The van der Waals surface area contributed by atoms with Crippen LogP contribution in [0.3, 0.4) is 0 Å². The second-order valence-electron chi connectivity index (χ2n) is 9.59. The van der Waals surface area contributed by atoms with Crippen molar-refractivity contribution in [2.45, 2.75) is 77.4 Å². The number of alkyl carbamates (subject to hydrolysis) is 1. The van der Waals surface area contributed by atoms with Gasteiger partial charge < -0.3 is 29.2 Å². The van der Waals surface area contributed by atoms with E-state index in [9.17, 15) is 14.4 Å². The highest BCUT2D eigenvalue weighted by Gasteiger charge is 2.34. The maximum absolute atomic E-state index is 12.7. The van der Waals surface area contributed by atoms with E-state index in [0.29, 0.717) is 50.3 Å². The fraction of sp³-hybridized carbons (Fsp3) is 0.654. The zero-order valence-corrected chi connectivity index (χ0v) is 21.7. The van der Waals surface area contributed by atoms with E-state index in [0.717, 1.165) is 24.8 Å². The quantitative estimate of drug-likeness (QED) is 0.349. The first-order chi connectivity index (χ1) is 16.6. The summed E-state index contributed by atoms with van der Waals surface area (Å²) < 4.78 is 21.2. The minimum Gasteiger partial charge on any atom is -0.493 e. The molecule has 0 aliphatic carbocycles. The monoisotopic (exact) mass is 492 g/mol. The van der Waals surface area contributed by atoms with E-state index >= 15 is 0 Å². The van der Waals surface area contributed by atoms with Crippen LogP contribution >= 0.6 is 0 Å².